The van der Waals surface area contributed by atoms with Gasteiger partial charge in [-0.15, -0.1) is 5.10 Å². The van der Waals surface area contributed by atoms with E-state index in [0.29, 0.717) is 5.82 Å². The molecule has 1 saturated carbocycles. The van der Waals surface area contributed by atoms with Gasteiger partial charge in [-0.1, -0.05) is 94.0 Å². The molecule has 0 bridgehead atoms. The van der Waals surface area contributed by atoms with Crippen LogP contribution in [0, 0.1) is 5.92 Å². The highest BCUT2D eigenvalue weighted by Crippen LogP contribution is 2.33. The number of rotatable bonds is 9. The third kappa shape index (κ3) is 5.42. The van der Waals surface area contributed by atoms with Crippen molar-refractivity contribution in [3.63, 3.8) is 0 Å². The third-order valence-corrected chi connectivity index (χ3v) is 7.80. The number of benzene rings is 2. The summed E-state index contributed by atoms with van der Waals surface area (Å²) in [5, 5.41) is 14.5. The van der Waals surface area contributed by atoms with Crippen LogP contribution in [-0.2, 0) is 6.54 Å². The average Bonchev–Trinajstić information content (AvgIpc) is 3.54. The van der Waals surface area contributed by atoms with Gasteiger partial charge in [-0.3, -0.25) is 0 Å². The van der Waals surface area contributed by atoms with Crippen LogP contribution in [0.5, 0.6) is 0 Å². The second-order valence-electron chi connectivity index (χ2n) is 10.2. The van der Waals surface area contributed by atoms with Gasteiger partial charge in [-0.05, 0) is 52.8 Å². The molecule has 0 radical (unpaired) electrons. The zero-order chi connectivity index (χ0) is 24.0. The van der Waals surface area contributed by atoms with Gasteiger partial charge in [0.2, 0.25) is 0 Å². The van der Waals surface area contributed by atoms with Crippen molar-refractivity contribution in [2.45, 2.75) is 71.8 Å². The Balaban J connectivity index is 1.27. The first-order valence-corrected chi connectivity index (χ1v) is 13.3. The Morgan fingerprint density at radius 3 is 2.43 bits per heavy atom. The Hall–Kier alpha value is -3.15. The summed E-state index contributed by atoms with van der Waals surface area (Å²) < 4.78 is 0. The van der Waals surface area contributed by atoms with Crippen molar-refractivity contribution >= 4 is 0 Å². The largest absolute Gasteiger partial charge is 0.356 e. The number of aromatic amines is 1. The fourth-order valence-electron chi connectivity index (χ4n) is 5.81. The molecule has 2 aliphatic rings. The highest BCUT2D eigenvalue weighted by Gasteiger charge is 2.26. The SMILES string of the molecule is CCCC1=C(C)N(CCC2CCCCC2)CN1Cc1ccc(-c2ccccc2-c2nnn[nH]2)cc1. The maximum Gasteiger partial charge on any atom is 0.180 e. The molecule has 184 valence electrons. The van der Waals surface area contributed by atoms with Gasteiger partial charge in [0.1, 0.15) is 0 Å². The van der Waals surface area contributed by atoms with Gasteiger partial charge in [-0.2, -0.15) is 0 Å². The molecule has 1 aliphatic carbocycles. The van der Waals surface area contributed by atoms with E-state index >= 15 is 0 Å². The molecule has 1 aliphatic heterocycles. The van der Waals surface area contributed by atoms with E-state index < -0.39 is 0 Å². The molecule has 6 nitrogen and oxygen atoms in total. The molecule has 6 heteroatoms. The summed E-state index contributed by atoms with van der Waals surface area (Å²) in [5.41, 5.74) is 7.70. The standard InChI is InChI=1S/C29H38N6/c1-3-9-28-22(2)34(19-18-23-10-5-4-6-11-23)21-35(28)20-24-14-16-25(17-15-24)26-12-7-8-13-27(26)29-30-32-33-31-29/h7-8,12-17,23H,3-6,9-11,18-21H2,1-2H3,(H,30,31,32,33). The summed E-state index contributed by atoms with van der Waals surface area (Å²) in [5.74, 6) is 1.63. The first-order chi connectivity index (χ1) is 17.2. The van der Waals surface area contributed by atoms with E-state index in [1.165, 1.54) is 74.0 Å². The first kappa shape index (κ1) is 23.6. The number of aromatic nitrogens is 4. The lowest BCUT2D eigenvalue weighted by atomic mass is 9.87. The van der Waals surface area contributed by atoms with Gasteiger partial charge in [0.05, 0.1) is 6.67 Å². The molecule has 3 aromatic rings. The zero-order valence-electron chi connectivity index (χ0n) is 21.2. The average molecular weight is 471 g/mol. The van der Waals surface area contributed by atoms with Crippen LogP contribution >= 0.6 is 0 Å². The van der Waals surface area contributed by atoms with Gasteiger partial charge in [0, 0.05) is 30.0 Å². The Labute approximate surface area is 209 Å². The monoisotopic (exact) mass is 470 g/mol. The van der Waals surface area contributed by atoms with Crippen molar-refractivity contribution in [2.75, 3.05) is 13.2 Å². The lowest BCUT2D eigenvalue weighted by Crippen LogP contribution is -2.29. The van der Waals surface area contributed by atoms with Crippen molar-refractivity contribution in [3.8, 4) is 22.5 Å². The van der Waals surface area contributed by atoms with Gasteiger partial charge < -0.3 is 9.80 Å². The number of allylic oxidation sites excluding steroid dienone is 2. The summed E-state index contributed by atoms with van der Waals surface area (Å²) in [6.07, 6.45) is 10.9. The lowest BCUT2D eigenvalue weighted by molar-refractivity contribution is 0.216. The molecule has 0 amide bonds. The molecule has 2 aromatic carbocycles. The minimum absolute atomic E-state index is 0.694. The van der Waals surface area contributed by atoms with Crippen LogP contribution in [0.15, 0.2) is 59.9 Å². The second kappa shape index (κ2) is 11.1. The number of nitrogens with one attached hydrogen (secondary N) is 1. The minimum atomic E-state index is 0.694. The molecule has 1 fully saturated rings. The molecule has 0 saturated heterocycles. The smallest absolute Gasteiger partial charge is 0.180 e. The molecule has 1 aromatic heterocycles. The summed E-state index contributed by atoms with van der Waals surface area (Å²) in [7, 11) is 0. The molecular formula is C29H38N6. The summed E-state index contributed by atoms with van der Waals surface area (Å²) in [4.78, 5) is 5.23. The summed E-state index contributed by atoms with van der Waals surface area (Å²) >= 11 is 0. The highest BCUT2D eigenvalue weighted by molar-refractivity contribution is 5.80. The van der Waals surface area contributed by atoms with Gasteiger partial charge in [-0.25, -0.2) is 5.10 Å². The maximum absolute atomic E-state index is 4.11. The van der Waals surface area contributed by atoms with Crippen LogP contribution < -0.4 is 0 Å². The van der Waals surface area contributed by atoms with E-state index in [4.69, 9.17) is 0 Å². The van der Waals surface area contributed by atoms with Crippen LogP contribution in [0.25, 0.3) is 22.5 Å². The first-order valence-electron chi connectivity index (χ1n) is 13.3. The number of tetrazole rings is 1. The molecule has 2 heterocycles. The number of nitrogens with zero attached hydrogens (tertiary/aromatic N) is 5. The van der Waals surface area contributed by atoms with Gasteiger partial charge in [0.25, 0.3) is 0 Å². The van der Waals surface area contributed by atoms with Crippen LogP contribution in [0.1, 0.15) is 70.8 Å². The van der Waals surface area contributed by atoms with E-state index in [2.05, 4.69) is 86.7 Å². The molecule has 0 atom stereocenters. The van der Waals surface area contributed by atoms with Crippen LogP contribution in [0.2, 0.25) is 0 Å². The van der Waals surface area contributed by atoms with Crippen molar-refractivity contribution in [2.24, 2.45) is 5.92 Å². The molecule has 0 spiro atoms. The molecule has 35 heavy (non-hydrogen) atoms. The van der Waals surface area contributed by atoms with E-state index in [9.17, 15) is 0 Å². The third-order valence-electron chi connectivity index (χ3n) is 7.80. The summed E-state index contributed by atoms with van der Waals surface area (Å²) in [6, 6.07) is 17.3. The summed E-state index contributed by atoms with van der Waals surface area (Å²) in [6.45, 7) is 7.81. The molecule has 0 unspecified atom stereocenters. The Morgan fingerprint density at radius 2 is 1.71 bits per heavy atom. The Morgan fingerprint density at radius 1 is 0.943 bits per heavy atom. The van der Waals surface area contributed by atoms with Crippen molar-refractivity contribution < 1.29 is 0 Å². The van der Waals surface area contributed by atoms with E-state index in [1.807, 2.05) is 6.07 Å². The molecule has 1 N–H and O–H groups in total. The Bertz CT molecular complexity index is 1110. The quantitative estimate of drug-likeness (QED) is 0.381. The number of hydrogen-bond acceptors (Lipinski definition) is 5. The lowest BCUT2D eigenvalue weighted by Gasteiger charge is -2.27. The van der Waals surface area contributed by atoms with E-state index in [0.717, 1.165) is 36.7 Å². The fraction of sp³-hybridized carbons (Fsp3) is 0.483. The molecular weight excluding hydrogens is 432 g/mol. The zero-order valence-corrected chi connectivity index (χ0v) is 21.2. The maximum atomic E-state index is 4.11. The Kier molecular flexibility index (Phi) is 7.45. The fourth-order valence-corrected chi connectivity index (χ4v) is 5.81. The normalized spacial score (nSPS) is 17.0. The molecule has 5 rings (SSSR count). The van der Waals surface area contributed by atoms with E-state index in [-0.39, 0.29) is 0 Å². The van der Waals surface area contributed by atoms with Gasteiger partial charge in [0.15, 0.2) is 5.82 Å². The van der Waals surface area contributed by atoms with Crippen molar-refractivity contribution in [1.82, 2.24) is 30.4 Å². The predicted molar refractivity (Wildman–Crippen MR) is 141 cm³/mol. The highest BCUT2D eigenvalue weighted by atomic mass is 15.5. The van der Waals surface area contributed by atoms with E-state index in [1.54, 1.807) is 0 Å². The van der Waals surface area contributed by atoms with Gasteiger partial charge >= 0.3 is 0 Å². The van der Waals surface area contributed by atoms with Crippen molar-refractivity contribution in [3.05, 3.63) is 65.5 Å². The van der Waals surface area contributed by atoms with Crippen LogP contribution in [0.4, 0.5) is 0 Å². The van der Waals surface area contributed by atoms with Crippen LogP contribution in [0.3, 0.4) is 0 Å². The number of hydrogen-bond donors (Lipinski definition) is 1. The predicted octanol–water partition coefficient (Wildman–Crippen LogP) is 6.61. The van der Waals surface area contributed by atoms with Crippen LogP contribution in [-0.4, -0.2) is 43.6 Å². The number of H-pyrrole nitrogens is 1. The minimum Gasteiger partial charge on any atom is -0.356 e. The van der Waals surface area contributed by atoms with Crippen molar-refractivity contribution in [1.29, 1.82) is 0 Å². The second-order valence-corrected chi connectivity index (χ2v) is 10.2. The topological polar surface area (TPSA) is 60.9 Å².